The molecule has 0 radical (unpaired) electrons. The molecule has 0 spiro atoms. The topological polar surface area (TPSA) is 60.8 Å². The Labute approximate surface area is 124 Å². The Morgan fingerprint density at radius 1 is 1.05 bits per heavy atom. The van der Waals surface area contributed by atoms with E-state index in [4.69, 9.17) is 5.11 Å². The van der Waals surface area contributed by atoms with Gasteiger partial charge in [-0.1, -0.05) is 24.3 Å². The van der Waals surface area contributed by atoms with E-state index in [-0.39, 0.29) is 6.61 Å². The van der Waals surface area contributed by atoms with Crippen molar-refractivity contribution in [3.05, 3.63) is 47.5 Å². The summed E-state index contributed by atoms with van der Waals surface area (Å²) in [4.78, 5) is 12.8. The maximum atomic E-state index is 11.4. The van der Waals surface area contributed by atoms with Gasteiger partial charge in [-0.3, -0.25) is 4.90 Å². The van der Waals surface area contributed by atoms with Crippen molar-refractivity contribution in [2.45, 2.75) is 39.5 Å². The summed E-state index contributed by atoms with van der Waals surface area (Å²) in [6.45, 7) is 6.03. The molecule has 0 aromatic heterocycles. The minimum absolute atomic E-state index is 0.0223. The molecule has 0 unspecified atom stereocenters. The average Bonchev–Trinajstić information content (AvgIpc) is 2.42. The molecule has 0 saturated carbocycles. The molecule has 2 aromatic carbocycles. The fourth-order valence-electron chi connectivity index (χ4n) is 2.32. The number of rotatable bonds is 3. The van der Waals surface area contributed by atoms with Crippen molar-refractivity contribution in [3.8, 4) is 0 Å². The Morgan fingerprint density at radius 3 is 2.05 bits per heavy atom. The van der Waals surface area contributed by atoms with Crippen LogP contribution in [0.4, 0.5) is 4.79 Å². The predicted molar refractivity (Wildman–Crippen MR) is 83.2 cm³/mol. The molecule has 2 N–H and O–H groups in total. The SMILES string of the molecule is CC(C)(C)N(Cc1ccc2cc(CO)ccc2c1)C(=O)O. The van der Waals surface area contributed by atoms with E-state index >= 15 is 0 Å². The van der Waals surface area contributed by atoms with Crippen LogP contribution < -0.4 is 0 Å². The number of aliphatic hydroxyl groups is 1. The molecule has 0 heterocycles. The molecule has 112 valence electrons. The Bertz CT molecular complexity index is 659. The van der Waals surface area contributed by atoms with Gasteiger partial charge in [0.15, 0.2) is 0 Å². The van der Waals surface area contributed by atoms with Crippen LogP contribution in [-0.4, -0.2) is 26.7 Å². The minimum Gasteiger partial charge on any atom is -0.465 e. The van der Waals surface area contributed by atoms with E-state index in [1.807, 2.05) is 57.2 Å². The minimum atomic E-state index is -0.918. The van der Waals surface area contributed by atoms with E-state index in [9.17, 15) is 9.90 Å². The van der Waals surface area contributed by atoms with Crippen LogP contribution in [-0.2, 0) is 13.2 Å². The van der Waals surface area contributed by atoms with E-state index in [0.29, 0.717) is 6.54 Å². The summed E-state index contributed by atoms with van der Waals surface area (Å²) in [5, 5.41) is 20.6. The summed E-state index contributed by atoms with van der Waals surface area (Å²) in [6, 6.07) is 11.7. The Kier molecular flexibility index (Phi) is 4.19. The maximum Gasteiger partial charge on any atom is 0.408 e. The first-order chi connectivity index (χ1) is 9.81. The molecule has 2 rings (SSSR count). The van der Waals surface area contributed by atoms with E-state index in [1.165, 1.54) is 4.90 Å². The molecule has 0 aliphatic rings. The van der Waals surface area contributed by atoms with Gasteiger partial charge in [0.2, 0.25) is 0 Å². The number of fused-ring (bicyclic) bond motifs is 1. The van der Waals surface area contributed by atoms with Gasteiger partial charge in [-0.25, -0.2) is 4.79 Å². The second-order valence-corrected chi connectivity index (χ2v) is 6.21. The van der Waals surface area contributed by atoms with Crippen LogP contribution in [0, 0.1) is 0 Å². The molecule has 0 aliphatic carbocycles. The summed E-state index contributed by atoms with van der Waals surface area (Å²) in [6.07, 6.45) is -0.918. The van der Waals surface area contributed by atoms with Crippen molar-refractivity contribution >= 4 is 16.9 Å². The summed E-state index contributed by atoms with van der Waals surface area (Å²) < 4.78 is 0. The first kappa shape index (κ1) is 15.3. The third-order valence-corrected chi connectivity index (χ3v) is 3.53. The molecule has 0 saturated heterocycles. The van der Waals surface area contributed by atoms with Crippen LogP contribution in [0.25, 0.3) is 10.8 Å². The van der Waals surface area contributed by atoms with E-state index in [1.54, 1.807) is 0 Å². The second kappa shape index (κ2) is 5.74. The third kappa shape index (κ3) is 3.52. The molecule has 0 fully saturated rings. The number of carboxylic acid groups (broad SMARTS) is 1. The zero-order valence-corrected chi connectivity index (χ0v) is 12.6. The molecular weight excluding hydrogens is 266 g/mol. The Hall–Kier alpha value is -2.07. The first-order valence-corrected chi connectivity index (χ1v) is 6.94. The molecule has 21 heavy (non-hydrogen) atoms. The highest BCUT2D eigenvalue weighted by molar-refractivity contribution is 5.84. The molecule has 0 aliphatic heterocycles. The van der Waals surface area contributed by atoms with Crippen LogP contribution in [0.1, 0.15) is 31.9 Å². The van der Waals surface area contributed by atoms with Gasteiger partial charge in [-0.15, -0.1) is 0 Å². The number of hydrogen-bond acceptors (Lipinski definition) is 2. The van der Waals surface area contributed by atoms with Crippen molar-refractivity contribution in [2.24, 2.45) is 0 Å². The number of amides is 1. The fourth-order valence-corrected chi connectivity index (χ4v) is 2.32. The molecule has 4 heteroatoms. The van der Waals surface area contributed by atoms with Gasteiger partial charge < -0.3 is 10.2 Å². The van der Waals surface area contributed by atoms with E-state index < -0.39 is 11.6 Å². The lowest BCUT2D eigenvalue weighted by Crippen LogP contribution is -2.44. The van der Waals surface area contributed by atoms with Crippen LogP contribution in [0.2, 0.25) is 0 Å². The number of benzene rings is 2. The lowest BCUT2D eigenvalue weighted by molar-refractivity contribution is 0.0956. The third-order valence-electron chi connectivity index (χ3n) is 3.53. The van der Waals surface area contributed by atoms with Gasteiger partial charge in [-0.2, -0.15) is 0 Å². The van der Waals surface area contributed by atoms with Gasteiger partial charge >= 0.3 is 6.09 Å². The van der Waals surface area contributed by atoms with Crippen molar-refractivity contribution in [3.63, 3.8) is 0 Å². The molecule has 0 bridgehead atoms. The van der Waals surface area contributed by atoms with Crippen LogP contribution >= 0.6 is 0 Å². The summed E-state index contributed by atoms with van der Waals surface area (Å²) >= 11 is 0. The lowest BCUT2D eigenvalue weighted by atomic mass is 10.0. The van der Waals surface area contributed by atoms with Gasteiger partial charge in [0.1, 0.15) is 0 Å². The summed E-state index contributed by atoms with van der Waals surface area (Å²) in [7, 11) is 0. The maximum absolute atomic E-state index is 11.4. The van der Waals surface area contributed by atoms with Crippen molar-refractivity contribution in [1.82, 2.24) is 4.90 Å². The van der Waals surface area contributed by atoms with Crippen LogP contribution in [0.5, 0.6) is 0 Å². The second-order valence-electron chi connectivity index (χ2n) is 6.21. The quantitative estimate of drug-likeness (QED) is 0.906. The molecular formula is C17H21NO3. The Balaban J connectivity index is 2.32. The Morgan fingerprint density at radius 2 is 1.57 bits per heavy atom. The number of nitrogens with zero attached hydrogens (tertiary/aromatic N) is 1. The van der Waals surface area contributed by atoms with Crippen molar-refractivity contribution < 1.29 is 15.0 Å². The number of carbonyl (C=O) groups is 1. The summed E-state index contributed by atoms with van der Waals surface area (Å²) in [5.74, 6) is 0. The molecule has 1 amide bonds. The van der Waals surface area contributed by atoms with Gasteiger partial charge in [0.05, 0.1) is 6.61 Å². The van der Waals surface area contributed by atoms with Crippen LogP contribution in [0.3, 0.4) is 0 Å². The predicted octanol–water partition coefficient (Wildman–Crippen LogP) is 3.61. The van der Waals surface area contributed by atoms with Crippen molar-refractivity contribution in [1.29, 1.82) is 0 Å². The highest BCUT2D eigenvalue weighted by Gasteiger charge is 2.26. The average molecular weight is 287 g/mol. The smallest absolute Gasteiger partial charge is 0.408 e. The standard InChI is InChI=1S/C17H21NO3/c1-17(2,3)18(16(20)21)10-12-4-6-15-9-13(11-19)5-7-14(15)8-12/h4-9,19H,10-11H2,1-3H3,(H,20,21). The normalized spacial score (nSPS) is 11.6. The highest BCUT2D eigenvalue weighted by atomic mass is 16.4. The van der Waals surface area contributed by atoms with Crippen LogP contribution in [0.15, 0.2) is 36.4 Å². The van der Waals surface area contributed by atoms with Gasteiger partial charge in [0, 0.05) is 12.1 Å². The van der Waals surface area contributed by atoms with Gasteiger partial charge in [-0.05, 0) is 54.8 Å². The largest absolute Gasteiger partial charge is 0.465 e. The first-order valence-electron chi connectivity index (χ1n) is 6.94. The number of hydrogen-bond donors (Lipinski definition) is 2. The molecule has 2 aromatic rings. The fraction of sp³-hybridized carbons (Fsp3) is 0.353. The zero-order chi connectivity index (χ0) is 15.6. The van der Waals surface area contributed by atoms with Gasteiger partial charge in [0.25, 0.3) is 0 Å². The molecule has 0 atom stereocenters. The zero-order valence-electron chi connectivity index (χ0n) is 12.6. The lowest BCUT2D eigenvalue weighted by Gasteiger charge is -2.33. The number of aliphatic hydroxyl groups excluding tert-OH is 1. The summed E-state index contributed by atoms with van der Waals surface area (Å²) in [5.41, 5.74) is 1.38. The monoisotopic (exact) mass is 287 g/mol. The molecule has 4 nitrogen and oxygen atoms in total. The van der Waals surface area contributed by atoms with Crippen molar-refractivity contribution in [2.75, 3.05) is 0 Å². The highest BCUT2D eigenvalue weighted by Crippen LogP contribution is 2.22. The van der Waals surface area contributed by atoms with E-state index in [2.05, 4.69) is 0 Å². The van der Waals surface area contributed by atoms with E-state index in [0.717, 1.165) is 21.9 Å².